The van der Waals surface area contributed by atoms with Crippen LogP contribution in [0.15, 0.2) is 22.8 Å². The number of carboxylic acids is 1. The first-order valence-electron chi connectivity index (χ1n) is 4.52. The Hall–Kier alpha value is -1.53. The van der Waals surface area contributed by atoms with Gasteiger partial charge in [-0.3, -0.25) is 4.79 Å². The van der Waals surface area contributed by atoms with Gasteiger partial charge in [-0.2, -0.15) is 5.06 Å². The van der Waals surface area contributed by atoms with Crippen molar-refractivity contribution >= 4 is 5.97 Å². The second kappa shape index (κ2) is 5.38. The summed E-state index contributed by atoms with van der Waals surface area (Å²) in [6.45, 7) is 0.483. The molecule has 1 atom stereocenters. The van der Waals surface area contributed by atoms with Crippen LogP contribution in [0.5, 0.6) is 5.95 Å². The summed E-state index contributed by atoms with van der Waals surface area (Å²) in [5.74, 6) is -0.968. The summed E-state index contributed by atoms with van der Waals surface area (Å²) < 4.78 is 4.39. The summed E-state index contributed by atoms with van der Waals surface area (Å²) in [6, 6.07) is 2.43. The van der Waals surface area contributed by atoms with Gasteiger partial charge in [0.15, 0.2) is 0 Å². The molecule has 1 fully saturated rings. The van der Waals surface area contributed by atoms with Crippen LogP contribution in [0.3, 0.4) is 0 Å². The van der Waals surface area contributed by atoms with E-state index in [0.29, 0.717) is 13.0 Å². The van der Waals surface area contributed by atoms with E-state index in [1.54, 1.807) is 6.07 Å². The SMILES string of the molecule is O=C(O)C1CCCN1O.Oc1ccco1. The molecule has 1 aromatic rings. The van der Waals surface area contributed by atoms with Crippen molar-refractivity contribution in [2.75, 3.05) is 6.54 Å². The first-order valence-corrected chi connectivity index (χ1v) is 4.52. The summed E-state index contributed by atoms with van der Waals surface area (Å²) in [6.07, 6.45) is 2.74. The maximum atomic E-state index is 10.2. The molecule has 1 aliphatic rings. The third kappa shape index (κ3) is 3.61. The minimum Gasteiger partial charge on any atom is -0.481 e. The highest BCUT2D eigenvalue weighted by molar-refractivity contribution is 5.73. The lowest BCUT2D eigenvalue weighted by atomic mass is 10.2. The molecule has 0 bridgehead atoms. The zero-order valence-electron chi connectivity index (χ0n) is 8.04. The molecule has 1 aliphatic heterocycles. The van der Waals surface area contributed by atoms with Crippen LogP contribution in [0, 0.1) is 0 Å². The van der Waals surface area contributed by atoms with Crippen molar-refractivity contribution in [1.82, 2.24) is 5.06 Å². The normalized spacial score (nSPS) is 20.7. The van der Waals surface area contributed by atoms with E-state index in [4.69, 9.17) is 15.4 Å². The standard InChI is InChI=1S/C5H9NO3.C4H4O2/c7-5(8)4-2-1-3-6(4)9;5-4-2-1-3-6-4/h4,9H,1-3H2,(H,7,8);1-3,5H. The quantitative estimate of drug-likeness (QED) is 0.644. The van der Waals surface area contributed by atoms with E-state index in [1.165, 1.54) is 12.3 Å². The van der Waals surface area contributed by atoms with Crippen LogP contribution in [0.25, 0.3) is 0 Å². The molecule has 0 spiro atoms. The predicted octanol–water partition coefficient (Wildman–Crippen LogP) is 0.910. The molecule has 6 nitrogen and oxygen atoms in total. The van der Waals surface area contributed by atoms with Gasteiger partial charge in [-0.05, 0) is 18.9 Å². The van der Waals surface area contributed by atoms with Crippen molar-refractivity contribution in [2.45, 2.75) is 18.9 Å². The molecule has 3 N–H and O–H groups in total. The van der Waals surface area contributed by atoms with E-state index in [9.17, 15) is 4.79 Å². The average Bonchev–Trinajstić information content (AvgIpc) is 2.77. The lowest BCUT2D eigenvalue weighted by molar-refractivity contribution is -0.160. The minimum absolute atomic E-state index is 0.0324. The van der Waals surface area contributed by atoms with Crippen molar-refractivity contribution < 1.29 is 24.6 Å². The first-order chi connectivity index (χ1) is 7.11. The van der Waals surface area contributed by atoms with E-state index in [2.05, 4.69) is 4.42 Å². The smallest absolute Gasteiger partial charge is 0.323 e. The molecule has 0 aromatic carbocycles. The molecule has 15 heavy (non-hydrogen) atoms. The molecule has 6 heteroatoms. The number of carbonyl (C=O) groups is 1. The summed E-state index contributed by atoms with van der Waals surface area (Å²) in [5.41, 5.74) is 0. The van der Waals surface area contributed by atoms with Crippen molar-refractivity contribution in [1.29, 1.82) is 0 Å². The van der Waals surface area contributed by atoms with Crippen LogP contribution in [0.1, 0.15) is 12.8 Å². The largest absolute Gasteiger partial charge is 0.481 e. The van der Waals surface area contributed by atoms with Crippen LogP contribution in [0.2, 0.25) is 0 Å². The molecule has 2 rings (SSSR count). The highest BCUT2D eigenvalue weighted by Gasteiger charge is 2.28. The molecule has 1 aromatic heterocycles. The van der Waals surface area contributed by atoms with E-state index < -0.39 is 12.0 Å². The Labute approximate surface area is 86.3 Å². The Balaban J connectivity index is 0.000000162. The Morgan fingerprint density at radius 3 is 2.53 bits per heavy atom. The maximum absolute atomic E-state index is 10.2. The number of hydrogen-bond acceptors (Lipinski definition) is 5. The van der Waals surface area contributed by atoms with Gasteiger partial charge >= 0.3 is 5.97 Å². The third-order valence-corrected chi connectivity index (χ3v) is 2.02. The fraction of sp³-hybridized carbons (Fsp3) is 0.444. The van der Waals surface area contributed by atoms with Crippen LogP contribution in [-0.2, 0) is 4.79 Å². The van der Waals surface area contributed by atoms with Gasteiger partial charge in [0.05, 0.1) is 6.26 Å². The Kier molecular flexibility index (Phi) is 4.14. The van der Waals surface area contributed by atoms with Gasteiger partial charge in [-0.25, -0.2) is 0 Å². The van der Waals surface area contributed by atoms with Gasteiger partial charge in [0.1, 0.15) is 6.04 Å². The third-order valence-electron chi connectivity index (χ3n) is 2.02. The topological polar surface area (TPSA) is 94.1 Å². The van der Waals surface area contributed by atoms with Gasteiger partial charge < -0.3 is 19.8 Å². The second-order valence-electron chi connectivity index (χ2n) is 3.11. The van der Waals surface area contributed by atoms with Gasteiger partial charge in [0, 0.05) is 12.6 Å². The zero-order valence-corrected chi connectivity index (χ0v) is 8.04. The number of hydroxylamine groups is 2. The van der Waals surface area contributed by atoms with E-state index >= 15 is 0 Å². The van der Waals surface area contributed by atoms with Crippen LogP contribution in [-0.4, -0.2) is 39.0 Å². The van der Waals surface area contributed by atoms with Gasteiger partial charge in [-0.1, -0.05) is 0 Å². The summed E-state index contributed by atoms with van der Waals surface area (Å²) in [7, 11) is 0. The molecule has 0 aliphatic carbocycles. The highest BCUT2D eigenvalue weighted by atomic mass is 16.5. The van der Waals surface area contributed by atoms with Gasteiger partial charge in [0.2, 0.25) is 0 Å². The highest BCUT2D eigenvalue weighted by Crippen LogP contribution is 2.13. The van der Waals surface area contributed by atoms with Gasteiger partial charge in [0.25, 0.3) is 5.95 Å². The fourth-order valence-corrected chi connectivity index (χ4v) is 1.27. The second-order valence-corrected chi connectivity index (χ2v) is 3.11. The van der Waals surface area contributed by atoms with Crippen molar-refractivity contribution in [3.63, 3.8) is 0 Å². The number of carboxylic acid groups (broad SMARTS) is 1. The van der Waals surface area contributed by atoms with Crippen LogP contribution >= 0.6 is 0 Å². The van der Waals surface area contributed by atoms with Crippen LogP contribution < -0.4 is 0 Å². The molecule has 1 unspecified atom stereocenters. The van der Waals surface area contributed by atoms with Crippen LogP contribution in [0.4, 0.5) is 0 Å². The van der Waals surface area contributed by atoms with Crippen molar-refractivity contribution in [3.05, 3.63) is 18.4 Å². The number of nitrogens with zero attached hydrogens (tertiary/aromatic N) is 1. The minimum atomic E-state index is -0.935. The zero-order chi connectivity index (χ0) is 11.3. The summed E-state index contributed by atoms with van der Waals surface area (Å²) in [4.78, 5) is 10.2. The Morgan fingerprint density at radius 2 is 2.33 bits per heavy atom. The predicted molar refractivity (Wildman–Crippen MR) is 49.5 cm³/mol. The molecule has 0 amide bonds. The molecular formula is C9H13NO5. The molecule has 0 radical (unpaired) electrons. The Bertz CT molecular complexity index is 297. The van der Waals surface area contributed by atoms with E-state index in [-0.39, 0.29) is 5.95 Å². The number of aliphatic carboxylic acids is 1. The van der Waals surface area contributed by atoms with E-state index in [0.717, 1.165) is 11.5 Å². The Morgan fingerprint density at radius 1 is 1.60 bits per heavy atom. The molecule has 1 saturated heterocycles. The number of rotatable bonds is 1. The molecule has 84 valence electrons. The molecular weight excluding hydrogens is 202 g/mol. The number of hydrogen-bond donors (Lipinski definition) is 3. The number of furan rings is 1. The first kappa shape index (κ1) is 11.5. The molecule has 0 saturated carbocycles. The number of aromatic hydroxyl groups is 1. The lowest BCUT2D eigenvalue weighted by Gasteiger charge is -2.11. The lowest BCUT2D eigenvalue weighted by Crippen LogP contribution is -2.32. The fourth-order valence-electron chi connectivity index (χ4n) is 1.27. The average molecular weight is 215 g/mol. The maximum Gasteiger partial charge on any atom is 0.323 e. The van der Waals surface area contributed by atoms with E-state index in [1.807, 2.05) is 0 Å². The summed E-state index contributed by atoms with van der Waals surface area (Å²) in [5, 5.41) is 26.4. The van der Waals surface area contributed by atoms with Crippen molar-refractivity contribution in [2.24, 2.45) is 0 Å². The van der Waals surface area contributed by atoms with Crippen molar-refractivity contribution in [3.8, 4) is 5.95 Å². The molecule has 2 heterocycles. The summed E-state index contributed by atoms with van der Waals surface area (Å²) >= 11 is 0. The van der Waals surface area contributed by atoms with Gasteiger partial charge in [-0.15, -0.1) is 0 Å². The monoisotopic (exact) mass is 215 g/mol.